The van der Waals surface area contributed by atoms with E-state index in [2.05, 4.69) is 4.98 Å². The van der Waals surface area contributed by atoms with Crippen molar-refractivity contribution in [3.05, 3.63) is 65.5 Å². The van der Waals surface area contributed by atoms with Gasteiger partial charge in [0.2, 0.25) is 5.91 Å². The van der Waals surface area contributed by atoms with Crippen LogP contribution in [0.15, 0.2) is 48.7 Å². The van der Waals surface area contributed by atoms with Crippen LogP contribution in [-0.4, -0.2) is 52.8 Å². The molecule has 0 spiro atoms. The first-order valence-corrected chi connectivity index (χ1v) is 8.59. The highest BCUT2D eigenvalue weighted by Gasteiger charge is 2.38. The van der Waals surface area contributed by atoms with Gasteiger partial charge in [0.15, 0.2) is 0 Å². The first kappa shape index (κ1) is 17.6. The van der Waals surface area contributed by atoms with Crippen molar-refractivity contribution in [3.63, 3.8) is 0 Å². The van der Waals surface area contributed by atoms with Crippen molar-refractivity contribution in [2.45, 2.75) is 25.4 Å². The van der Waals surface area contributed by atoms with Crippen molar-refractivity contribution in [1.82, 2.24) is 9.88 Å². The summed E-state index contributed by atoms with van der Waals surface area (Å²) in [5.74, 6) is 0.0182. The molecule has 5 heteroatoms. The van der Waals surface area contributed by atoms with Gasteiger partial charge >= 0.3 is 0 Å². The number of morpholine rings is 1. The Bertz CT molecular complexity index is 720. The number of rotatable bonds is 5. The average molecular weight is 340 g/mol. The zero-order chi connectivity index (χ0) is 17.7. The van der Waals surface area contributed by atoms with Gasteiger partial charge < -0.3 is 14.7 Å². The van der Waals surface area contributed by atoms with E-state index >= 15 is 0 Å². The number of aryl methyl sites for hydroxylation is 1. The summed E-state index contributed by atoms with van der Waals surface area (Å²) in [5, 5.41) is 10.0. The molecule has 1 amide bonds. The van der Waals surface area contributed by atoms with E-state index in [0.29, 0.717) is 26.1 Å². The van der Waals surface area contributed by atoms with Gasteiger partial charge in [-0.05, 0) is 30.2 Å². The second kappa shape index (κ2) is 7.76. The van der Waals surface area contributed by atoms with E-state index in [0.717, 1.165) is 16.8 Å². The number of amides is 1. The zero-order valence-electron chi connectivity index (χ0n) is 14.5. The standard InChI is InChI=1S/C20H24N2O3/c1-16-6-2-3-7-17(16)13-20(15-23)14-22(10-11-25-20)19(24)12-18-8-4-5-9-21-18/h2-9,23H,10-15H2,1H3. The van der Waals surface area contributed by atoms with Gasteiger partial charge in [0.25, 0.3) is 0 Å². The van der Waals surface area contributed by atoms with Crippen LogP contribution in [0.25, 0.3) is 0 Å². The van der Waals surface area contributed by atoms with Crippen LogP contribution in [0.5, 0.6) is 0 Å². The molecule has 1 aromatic carbocycles. The molecule has 1 unspecified atom stereocenters. The summed E-state index contributed by atoms with van der Waals surface area (Å²) in [5.41, 5.74) is 2.31. The Hall–Kier alpha value is -2.24. The highest BCUT2D eigenvalue weighted by Crippen LogP contribution is 2.25. The summed E-state index contributed by atoms with van der Waals surface area (Å²) in [4.78, 5) is 18.6. The SMILES string of the molecule is Cc1ccccc1CC1(CO)CN(C(=O)Cc2ccccn2)CCO1. The summed E-state index contributed by atoms with van der Waals surface area (Å²) < 4.78 is 5.94. The monoisotopic (exact) mass is 340 g/mol. The third-order valence-corrected chi connectivity index (χ3v) is 4.72. The Balaban J connectivity index is 1.71. The van der Waals surface area contributed by atoms with Crippen LogP contribution in [0.3, 0.4) is 0 Å². The van der Waals surface area contributed by atoms with Crippen LogP contribution in [0.1, 0.15) is 16.8 Å². The molecule has 0 bridgehead atoms. The van der Waals surface area contributed by atoms with E-state index in [9.17, 15) is 9.90 Å². The number of hydrogen-bond acceptors (Lipinski definition) is 4. The molecule has 1 saturated heterocycles. The third-order valence-electron chi connectivity index (χ3n) is 4.72. The molecule has 1 aromatic heterocycles. The van der Waals surface area contributed by atoms with Gasteiger partial charge in [0.1, 0.15) is 5.60 Å². The molecular weight excluding hydrogens is 316 g/mol. The number of aliphatic hydroxyl groups is 1. The fourth-order valence-electron chi connectivity index (χ4n) is 3.24. The van der Waals surface area contributed by atoms with Gasteiger partial charge in [-0.1, -0.05) is 30.3 Å². The van der Waals surface area contributed by atoms with Crippen molar-refractivity contribution in [3.8, 4) is 0 Å². The first-order valence-electron chi connectivity index (χ1n) is 8.59. The molecule has 0 aliphatic carbocycles. The van der Waals surface area contributed by atoms with E-state index < -0.39 is 5.60 Å². The van der Waals surface area contributed by atoms with Crippen LogP contribution in [0.2, 0.25) is 0 Å². The molecule has 1 fully saturated rings. The maximum Gasteiger partial charge on any atom is 0.228 e. The Morgan fingerprint density at radius 1 is 1.28 bits per heavy atom. The van der Waals surface area contributed by atoms with E-state index in [4.69, 9.17) is 4.74 Å². The van der Waals surface area contributed by atoms with Gasteiger partial charge in [-0.25, -0.2) is 0 Å². The molecule has 1 N–H and O–H groups in total. The smallest absolute Gasteiger partial charge is 0.228 e. The summed E-state index contributed by atoms with van der Waals surface area (Å²) in [7, 11) is 0. The molecule has 1 aliphatic rings. The van der Waals surface area contributed by atoms with Gasteiger partial charge in [-0.3, -0.25) is 9.78 Å². The lowest BCUT2D eigenvalue weighted by molar-refractivity contribution is -0.157. The summed E-state index contributed by atoms with van der Waals surface area (Å²) in [6.07, 6.45) is 2.55. The minimum Gasteiger partial charge on any atom is -0.393 e. The second-order valence-corrected chi connectivity index (χ2v) is 6.61. The topological polar surface area (TPSA) is 62.7 Å². The number of carbonyl (C=O) groups is 1. The molecule has 2 heterocycles. The zero-order valence-corrected chi connectivity index (χ0v) is 14.5. The molecular formula is C20H24N2O3. The molecule has 0 radical (unpaired) electrons. The van der Waals surface area contributed by atoms with E-state index in [1.807, 2.05) is 49.4 Å². The van der Waals surface area contributed by atoms with E-state index in [1.165, 1.54) is 0 Å². The lowest BCUT2D eigenvalue weighted by Gasteiger charge is -2.42. The molecule has 1 aliphatic heterocycles. The number of nitrogens with zero attached hydrogens (tertiary/aromatic N) is 2. The van der Waals surface area contributed by atoms with Crippen molar-refractivity contribution in [1.29, 1.82) is 0 Å². The number of hydrogen-bond donors (Lipinski definition) is 1. The number of carbonyl (C=O) groups excluding carboxylic acids is 1. The molecule has 3 rings (SSSR count). The number of aliphatic hydroxyl groups excluding tert-OH is 1. The van der Waals surface area contributed by atoms with Crippen LogP contribution in [0, 0.1) is 6.92 Å². The minimum absolute atomic E-state index is 0.0182. The van der Waals surface area contributed by atoms with Gasteiger partial charge in [-0.15, -0.1) is 0 Å². The van der Waals surface area contributed by atoms with Crippen molar-refractivity contribution < 1.29 is 14.6 Å². The number of aromatic nitrogens is 1. The van der Waals surface area contributed by atoms with Crippen LogP contribution in [0.4, 0.5) is 0 Å². The molecule has 1 atom stereocenters. The normalized spacial score (nSPS) is 20.5. The Kier molecular flexibility index (Phi) is 5.46. The number of benzene rings is 1. The molecule has 132 valence electrons. The summed E-state index contributed by atoms with van der Waals surface area (Å²) in [6.45, 7) is 3.30. The van der Waals surface area contributed by atoms with Crippen LogP contribution >= 0.6 is 0 Å². The number of ether oxygens (including phenoxy) is 1. The van der Waals surface area contributed by atoms with E-state index in [1.54, 1.807) is 11.1 Å². The summed E-state index contributed by atoms with van der Waals surface area (Å²) in [6, 6.07) is 13.6. The fourth-order valence-corrected chi connectivity index (χ4v) is 3.24. The number of pyridine rings is 1. The predicted octanol–water partition coefficient (Wildman–Crippen LogP) is 1.77. The third kappa shape index (κ3) is 4.24. The quantitative estimate of drug-likeness (QED) is 0.901. The summed E-state index contributed by atoms with van der Waals surface area (Å²) >= 11 is 0. The van der Waals surface area contributed by atoms with Crippen LogP contribution < -0.4 is 0 Å². The minimum atomic E-state index is -0.746. The van der Waals surface area contributed by atoms with Crippen molar-refractivity contribution in [2.24, 2.45) is 0 Å². The fraction of sp³-hybridized carbons (Fsp3) is 0.400. The van der Waals surface area contributed by atoms with Crippen LogP contribution in [-0.2, 0) is 22.4 Å². The maximum absolute atomic E-state index is 12.6. The van der Waals surface area contributed by atoms with Crippen molar-refractivity contribution in [2.75, 3.05) is 26.3 Å². The van der Waals surface area contributed by atoms with E-state index in [-0.39, 0.29) is 18.9 Å². The average Bonchev–Trinajstić information content (AvgIpc) is 2.65. The second-order valence-electron chi connectivity index (χ2n) is 6.61. The highest BCUT2D eigenvalue weighted by molar-refractivity contribution is 5.78. The molecule has 25 heavy (non-hydrogen) atoms. The van der Waals surface area contributed by atoms with Crippen molar-refractivity contribution >= 4 is 5.91 Å². The molecule has 2 aromatic rings. The molecule has 5 nitrogen and oxygen atoms in total. The van der Waals surface area contributed by atoms with Gasteiger partial charge in [-0.2, -0.15) is 0 Å². The lowest BCUT2D eigenvalue weighted by Crippen LogP contribution is -2.57. The Morgan fingerprint density at radius 2 is 2.08 bits per heavy atom. The predicted molar refractivity (Wildman–Crippen MR) is 95.2 cm³/mol. The maximum atomic E-state index is 12.6. The van der Waals surface area contributed by atoms with Gasteiger partial charge in [0, 0.05) is 24.9 Å². The largest absolute Gasteiger partial charge is 0.393 e. The molecule has 0 saturated carbocycles. The lowest BCUT2D eigenvalue weighted by atomic mass is 9.91. The van der Waals surface area contributed by atoms with Gasteiger partial charge in [0.05, 0.1) is 26.2 Å². The highest BCUT2D eigenvalue weighted by atomic mass is 16.5. The Labute approximate surface area is 148 Å². The Morgan fingerprint density at radius 3 is 2.80 bits per heavy atom. The first-order chi connectivity index (χ1) is 12.1.